The van der Waals surface area contributed by atoms with E-state index in [2.05, 4.69) is 64.8 Å². The minimum absolute atomic E-state index is 0.0331. The van der Waals surface area contributed by atoms with Gasteiger partial charge in [0.05, 0.1) is 16.1 Å². The summed E-state index contributed by atoms with van der Waals surface area (Å²) >= 11 is 12.4. The number of nitrogens with two attached hydrogens (primary N) is 1. The molecule has 0 radical (unpaired) electrons. The standard InChI is InChI=1S/C33H38Cl2N4O2/c1-22(36)32(40)37-31(17-23-12-13-29(34)30(35)16-23)33(41)39-20-27(25-10-6-3-7-11-25)18-28(39)21-38-15-14-26(19-38)24-8-4-2-5-9-24/h2-13,16,22,26-28,31H,14-15,17-21,36H2,1H3,(H,37,40). The van der Waals surface area contributed by atoms with Gasteiger partial charge in [0.2, 0.25) is 11.8 Å². The Bertz CT molecular complexity index is 1340. The van der Waals surface area contributed by atoms with Crippen molar-refractivity contribution in [1.82, 2.24) is 15.1 Å². The minimum Gasteiger partial charge on any atom is -0.343 e. The molecule has 0 aromatic heterocycles. The van der Waals surface area contributed by atoms with E-state index in [9.17, 15) is 9.59 Å². The molecular weight excluding hydrogens is 555 g/mol. The number of rotatable bonds is 9. The predicted octanol–water partition coefficient (Wildman–Crippen LogP) is 5.24. The molecule has 216 valence electrons. The van der Waals surface area contributed by atoms with Crippen LogP contribution in [0.4, 0.5) is 0 Å². The highest BCUT2D eigenvalue weighted by Gasteiger charge is 2.40. The number of hydrogen-bond acceptors (Lipinski definition) is 4. The number of halogens is 2. The normalized spacial score (nSPS) is 22.4. The Labute approximate surface area is 252 Å². The molecule has 3 N–H and O–H groups in total. The Hall–Kier alpha value is -2.90. The number of benzene rings is 3. The van der Waals surface area contributed by atoms with Gasteiger partial charge in [0.1, 0.15) is 6.04 Å². The largest absolute Gasteiger partial charge is 0.343 e. The van der Waals surface area contributed by atoms with Gasteiger partial charge in [-0.1, -0.05) is 89.9 Å². The summed E-state index contributed by atoms with van der Waals surface area (Å²) in [5, 5.41) is 3.79. The predicted molar refractivity (Wildman–Crippen MR) is 165 cm³/mol. The van der Waals surface area contributed by atoms with Gasteiger partial charge in [-0.05, 0) is 61.1 Å². The molecule has 2 saturated heterocycles. The first-order chi connectivity index (χ1) is 19.8. The van der Waals surface area contributed by atoms with E-state index >= 15 is 0 Å². The molecule has 2 heterocycles. The van der Waals surface area contributed by atoms with Crippen molar-refractivity contribution in [3.63, 3.8) is 0 Å². The van der Waals surface area contributed by atoms with Crippen molar-refractivity contribution >= 4 is 35.0 Å². The second-order valence-electron chi connectivity index (χ2n) is 11.4. The summed E-state index contributed by atoms with van der Waals surface area (Å²) in [7, 11) is 0. The molecule has 2 amide bonds. The Morgan fingerprint density at radius 1 is 0.927 bits per heavy atom. The molecule has 6 nitrogen and oxygen atoms in total. The van der Waals surface area contributed by atoms with Crippen LogP contribution in [-0.2, 0) is 16.0 Å². The summed E-state index contributed by atoms with van der Waals surface area (Å²) in [6, 6.07) is 24.9. The molecule has 0 aliphatic carbocycles. The van der Waals surface area contributed by atoms with Gasteiger partial charge >= 0.3 is 0 Å². The van der Waals surface area contributed by atoms with E-state index in [0.29, 0.717) is 28.9 Å². The van der Waals surface area contributed by atoms with Gasteiger partial charge in [-0.3, -0.25) is 9.59 Å². The maximum Gasteiger partial charge on any atom is 0.245 e. The lowest BCUT2D eigenvalue weighted by Crippen LogP contribution is -2.55. The molecule has 5 unspecified atom stereocenters. The first kappa shape index (κ1) is 29.6. The van der Waals surface area contributed by atoms with Crippen molar-refractivity contribution in [3.05, 3.63) is 106 Å². The van der Waals surface area contributed by atoms with Crippen LogP contribution in [0.15, 0.2) is 78.9 Å². The third-order valence-corrected chi connectivity index (χ3v) is 9.17. The molecule has 5 rings (SSSR count). The van der Waals surface area contributed by atoms with Crippen LogP contribution in [0.5, 0.6) is 0 Å². The highest BCUT2D eigenvalue weighted by molar-refractivity contribution is 6.42. The second-order valence-corrected chi connectivity index (χ2v) is 12.3. The van der Waals surface area contributed by atoms with Crippen molar-refractivity contribution < 1.29 is 9.59 Å². The molecule has 0 saturated carbocycles. The van der Waals surface area contributed by atoms with Crippen LogP contribution in [0, 0.1) is 0 Å². The molecule has 0 spiro atoms. The van der Waals surface area contributed by atoms with Gasteiger partial charge in [-0.15, -0.1) is 0 Å². The number of amides is 2. The molecule has 3 aromatic carbocycles. The summed E-state index contributed by atoms with van der Waals surface area (Å²) in [5.41, 5.74) is 9.32. The van der Waals surface area contributed by atoms with E-state index in [1.54, 1.807) is 19.1 Å². The summed E-state index contributed by atoms with van der Waals surface area (Å²) in [4.78, 5) is 31.5. The minimum atomic E-state index is -0.765. The summed E-state index contributed by atoms with van der Waals surface area (Å²) < 4.78 is 0. The van der Waals surface area contributed by atoms with E-state index < -0.39 is 12.1 Å². The van der Waals surface area contributed by atoms with E-state index in [1.807, 2.05) is 17.0 Å². The Kier molecular flexibility index (Phi) is 9.66. The number of likely N-dealkylation sites (tertiary alicyclic amines) is 2. The zero-order valence-electron chi connectivity index (χ0n) is 23.4. The summed E-state index contributed by atoms with van der Waals surface area (Å²) in [6.45, 7) is 5.01. The fourth-order valence-corrected chi connectivity index (χ4v) is 6.55. The summed E-state index contributed by atoms with van der Waals surface area (Å²) in [6.07, 6.45) is 2.29. The first-order valence-electron chi connectivity index (χ1n) is 14.4. The topological polar surface area (TPSA) is 78.7 Å². The number of carbonyl (C=O) groups excluding carboxylic acids is 2. The van der Waals surface area contributed by atoms with Gasteiger partial charge in [0.25, 0.3) is 0 Å². The molecular formula is C33H38Cl2N4O2. The van der Waals surface area contributed by atoms with Crippen molar-refractivity contribution in [2.75, 3.05) is 26.2 Å². The van der Waals surface area contributed by atoms with Crippen molar-refractivity contribution in [2.24, 2.45) is 5.73 Å². The number of nitrogens with one attached hydrogen (secondary N) is 1. The molecule has 8 heteroatoms. The zero-order valence-corrected chi connectivity index (χ0v) is 24.9. The number of carbonyl (C=O) groups is 2. The van der Waals surface area contributed by atoms with Crippen LogP contribution in [0.1, 0.15) is 48.3 Å². The van der Waals surface area contributed by atoms with Gasteiger partial charge in [0.15, 0.2) is 0 Å². The smallest absolute Gasteiger partial charge is 0.245 e. The molecule has 2 fully saturated rings. The third-order valence-electron chi connectivity index (χ3n) is 8.43. The molecule has 2 aliphatic heterocycles. The maximum atomic E-state index is 14.3. The highest BCUT2D eigenvalue weighted by atomic mass is 35.5. The molecule has 0 bridgehead atoms. The van der Waals surface area contributed by atoms with Crippen LogP contribution in [0.2, 0.25) is 10.0 Å². The monoisotopic (exact) mass is 592 g/mol. The second kappa shape index (κ2) is 13.4. The van der Waals surface area contributed by atoms with Gasteiger partial charge in [0, 0.05) is 38.0 Å². The Morgan fingerprint density at radius 3 is 2.22 bits per heavy atom. The van der Waals surface area contributed by atoms with Crippen LogP contribution in [0.25, 0.3) is 0 Å². The van der Waals surface area contributed by atoms with E-state index in [0.717, 1.165) is 38.0 Å². The lowest BCUT2D eigenvalue weighted by atomic mass is 9.96. The van der Waals surface area contributed by atoms with E-state index in [-0.39, 0.29) is 23.8 Å². The van der Waals surface area contributed by atoms with Gasteiger partial charge < -0.3 is 20.9 Å². The lowest BCUT2D eigenvalue weighted by Gasteiger charge is -2.32. The van der Waals surface area contributed by atoms with E-state index in [1.165, 1.54) is 11.1 Å². The van der Waals surface area contributed by atoms with Crippen LogP contribution < -0.4 is 11.1 Å². The number of nitrogens with zero attached hydrogens (tertiary/aromatic N) is 2. The highest BCUT2D eigenvalue weighted by Crippen LogP contribution is 2.35. The SMILES string of the molecule is CC(N)C(=O)NC(Cc1ccc(Cl)c(Cl)c1)C(=O)N1CC(c2ccccc2)CC1CN1CCC(c2ccccc2)C1. The fraction of sp³-hybridized carbons (Fsp3) is 0.394. The number of hydrogen-bond donors (Lipinski definition) is 2. The molecule has 3 aromatic rings. The lowest BCUT2D eigenvalue weighted by molar-refractivity contribution is -0.137. The fourth-order valence-electron chi connectivity index (χ4n) is 6.23. The zero-order chi connectivity index (χ0) is 28.9. The van der Waals surface area contributed by atoms with Crippen molar-refractivity contribution in [2.45, 2.75) is 56.1 Å². The van der Waals surface area contributed by atoms with Gasteiger partial charge in [-0.25, -0.2) is 0 Å². The Morgan fingerprint density at radius 2 is 1.59 bits per heavy atom. The molecule has 2 aliphatic rings. The van der Waals surface area contributed by atoms with Crippen LogP contribution in [0.3, 0.4) is 0 Å². The average Bonchev–Trinajstić information content (AvgIpc) is 3.63. The van der Waals surface area contributed by atoms with Crippen LogP contribution >= 0.6 is 23.2 Å². The quantitative estimate of drug-likeness (QED) is 0.356. The molecule has 5 atom stereocenters. The summed E-state index contributed by atoms with van der Waals surface area (Å²) in [5.74, 6) is 0.281. The van der Waals surface area contributed by atoms with E-state index in [4.69, 9.17) is 28.9 Å². The Balaban J connectivity index is 1.37. The van der Waals surface area contributed by atoms with Crippen molar-refractivity contribution in [3.8, 4) is 0 Å². The maximum absolute atomic E-state index is 14.3. The average molecular weight is 594 g/mol. The first-order valence-corrected chi connectivity index (χ1v) is 15.2. The molecule has 41 heavy (non-hydrogen) atoms. The van der Waals surface area contributed by atoms with Crippen molar-refractivity contribution in [1.29, 1.82) is 0 Å². The third kappa shape index (κ3) is 7.31. The van der Waals surface area contributed by atoms with Gasteiger partial charge in [-0.2, -0.15) is 0 Å². The van der Waals surface area contributed by atoms with Crippen LogP contribution in [-0.4, -0.2) is 65.9 Å².